The Morgan fingerprint density at radius 3 is 2.44 bits per heavy atom. The van der Waals surface area contributed by atoms with Gasteiger partial charge in [0.25, 0.3) is 0 Å². The first-order valence-electron chi connectivity index (χ1n) is 5.82. The molecule has 0 spiro atoms. The van der Waals surface area contributed by atoms with Crippen molar-refractivity contribution in [2.75, 3.05) is 13.1 Å². The molecule has 1 amide bonds. The van der Waals surface area contributed by atoms with Crippen LogP contribution in [-0.2, 0) is 4.79 Å². The minimum atomic E-state index is -0.258. The zero-order valence-electron chi connectivity index (χ0n) is 9.82. The van der Waals surface area contributed by atoms with Crippen molar-refractivity contribution in [2.24, 2.45) is 17.4 Å². The molecule has 0 aromatic rings. The number of hydrogen-bond acceptors (Lipinski definition) is 3. The van der Waals surface area contributed by atoms with Crippen LogP contribution in [0.4, 0.5) is 0 Å². The largest absolute Gasteiger partial charge is 0.392 e. The normalized spacial score (nSPS) is 18.9. The molecule has 5 heteroatoms. The van der Waals surface area contributed by atoms with Gasteiger partial charge in [-0.25, -0.2) is 0 Å². The van der Waals surface area contributed by atoms with E-state index in [0.29, 0.717) is 24.1 Å². The Morgan fingerprint density at radius 1 is 1.44 bits per heavy atom. The van der Waals surface area contributed by atoms with Crippen molar-refractivity contribution in [3.05, 3.63) is 0 Å². The molecule has 4 nitrogen and oxygen atoms in total. The number of amides is 1. The van der Waals surface area contributed by atoms with Gasteiger partial charge in [-0.1, -0.05) is 32.0 Å². The van der Waals surface area contributed by atoms with Crippen LogP contribution in [0, 0.1) is 5.92 Å². The first kappa shape index (κ1) is 13.4. The van der Waals surface area contributed by atoms with E-state index < -0.39 is 0 Å². The molecule has 0 heterocycles. The zero-order valence-corrected chi connectivity index (χ0v) is 10.6. The van der Waals surface area contributed by atoms with Crippen LogP contribution in [0.25, 0.3) is 0 Å². The average Bonchev–Trinajstić information content (AvgIpc) is 2.68. The predicted molar refractivity (Wildman–Crippen MR) is 69.0 cm³/mol. The number of hydrogen-bond donors (Lipinski definition) is 2. The Bertz CT molecular complexity index is 264. The zero-order chi connectivity index (χ0) is 12.1. The highest BCUT2D eigenvalue weighted by molar-refractivity contribution is 7.80. The number of thiocarbonyl (C=S) groups is 1. The van der Waals surface area contributed by atoms with Crippen molar-refractivity contribution in [2.45, 2.75) is 38.6 Å². The number of rotatable bonds is 6. The molecular formula is C11H21N3OS. The Kier molecular flexibility index (Phi) is 5.15. The number of nitrogens with two attached hydrogens (primary N) is 2. The first-order valence-corrected chi connectivity index (χ1v) is 6.23. The third-order valence-corrected chi connectivity index (χ3v) is 3.32. The summed E-state index contributed by atoms with van der Waals surface area (Å²) in [4.78, 5) is 13.8. The number of primary amides is 1. The number of carbonyl (C=O) groups is 1. The summed E-state index contributed by atoms with van der Waals surface area (Å²) in [6, 6.07) is 0.517. The van der Waals surface area contributed by atoms with Gasteiger partial charge in [0, 0.05) is 25.0 Å². The van der Waals surface area contributed by atoms with Gasteiger partial charge in [0.05, 0.1) is 4.99 Å². The van der Waals surface area contributed by atoms with Crippen LogP contribution < -0.4 is 11.5 Å². The Morgan fingerprint density at radius 2 is 2.00 bits per heavy atom. The fourth-order valence-electron chi connectivity index (χ4n) is 2.25. The smallest absolute Gasteiger partial charge is 0.221 e. The van der Waals surface area contributed by atoms with E-state index in [2.05, 4.69) is 4.90 Å². The Labute approximate surface area is 102 Å². The van der Waals surface area contributed by atoms with Crippen molar-refractivity contribution < 1.29 is 4.79 Å². The summed E-state index contributed by atoms with van der Waals surface area (Å²) in [6.45, 7) is 3.11. The molecule has 0 bridgehead atoms. The summed E-state index contributed by atoms with van der Waals surface area (Å²) in [7, 11) is 0. The molecule has 0 saturated heterocycles. The van der Waals surface area contributed by atoms with Crippen LogP contribution >= 0.6 is 12.2 Å². The van der Waals surface area contributed by atoms with Gasteiger partial charge in [-0.3, -0.25) is 9.69 Å². The molecule has 0 aromatic heterocycles. The molecule has 1 rings (SSSR count). The van der Waals surface area contributed by atoms with Gasteiger partial charge >= 0.3 is 0 Å². The SMILES string of the molecule is CC(CN(CC(N)=S)C1CCCC1)C(N)=O. The summed E-state index contributed by atoms with van der Waals surface area (Å²) in [6.07, 6.45) is 4.86. The molecule has 0 aliphatic heterocycles. The third kappa shape index (κ3) is 4.06. The van der Waals surface area contributed by atoms with Gasteiger partial charge in [-0.15, -0.1) is 0 Å². The first-order chi connectivity index (χ1) is 7.50. The van der Waals surface area contributed by atoms with Crippen LogP contribution in [-0.4, -0.2) is 34.9 Å². The van der Waals surface area contributed by atoms with Crippen LogP contribution in [0.3, 0.4) is 0 Å². The standard InChI is InChI=1S/C11H21N3OS/c1-8(11(13)15)6-14(7-10(12)16)9-4-2-3-5-9/h8-9H,2-7H2,1H3,(H2,12,16)(H2,13,15). The van der Waals surface area contributed by atoms with Crippen molar-refractivity contribution >= 4 is 23.1 Å². The number of carbonyl (C=O) groups excluding carboxylic acids is 1. The average molecular weight is 243 g/mol. The molecule has 0 aromatic carbocycles. The minimum Gasteiger partial charge on any atom is -0.392 e. The minimum absolute atomic E-state index is 0.144. The second-order valence-electron chi connectivity index (χ2n) is 4.64. The molecule has 1 aliphatic rings. The maximum atomic E-state index is 11.1. The molecule has 0 radical (unpaired) electrons. The second-order valence-corrected chi connectivity index (χ2v) is 5.16. The lowest BCUT2D eigenvalue weighted by atomic mass is 10.1. The highest BCUT2D eigenvalue weighted by Gasteiger charge is 2.25. The molecular weight excluding hydrogens is 222 g/mol. The fourth-order valence-corrected chi connectivity index (χ4v) is 2.42. The van der Waals surface area contributed by atoms with E-state index in [1.165, 1.54) is 25.7 Å². The van der Waals surface area contributed by atoms with Crippen molar-refractivity contribution in [3.8, 4) is 0 Å². The van der Waals surface area contributed by atoms with E-state index in [-0.39, 0.29) is 11.8 Å². The van der Waals surface area contributed by atoms with E-state index in [4.69, 9.17) is 23.7 Å². The van der Waals surface area contributed by atoms with Crippen molar-refractivity contribution in [1.82, 2.24) is 4.90 Å². The highest BCUT2D eigenvalue weighted by atomic mass is 32.1. The molecule has 1 unspecified atom stereocenters. The second kappa shape index (κ2) is 6.15. The lowest BCUT2D eigenvalue weighted by Gasteiger charge is -2.29. The summed E-state index contributed by atoms with van der Waals surface area (Å²) in [5, 5.41) is 0. The Balaban J connectivity index is 2.55. The molecule has 1 aliphatic carbocycles. The summed E-state index contributed by atoms with van der Waals surface area (Å²) in [5.74, 6) is -0.402. The molecule has 4 N–H and O–H groups in total. The van der Waals surface area contributed by atoms with Gasteiger partial charge in [-0.2, -0.15) is 0 Å². The topological polar surface area (TPSA) is 72.3 Å². The summed E-state index contributed by atoms with van der Waals surface area (Å²) >= 11 is 4.95. The maximum absolute atomic E-state index is 11.1. The Hall–Kier alpha value is -0.680. The van der Waals surface area contributed by atoms with E-state index in [1.807, 2.05) is 6.92 Å². The third-order valence-electron chi connectivity index (χ3n) is 3.19. The summed E-state index contributed by atoms with van der Waals surface area (Å²) < 4.78 is 0. The van der Waals surface area contributed by atoms with Crippen molar-refractivity contribution in [1.29, 1.82) is 0 Å². The lowest BCUT2D eigenvalue weighted by Crippen LogP contribution is -2.44. The molecule has 92 valence electrons. The summed E-state index contributed by atoms with van der Waals surface area (Å²) in [5.41, 5.74) is 10.9. The van der Waals surface area contributed by atoms with E-state index >= 15 is 0 Å². The van der Waals surface area contributed by atoms with Crippen LogP contribution in [0.15, 0.2) is 0 Å². The van der Waals surface area contributed by atoms with Gasteiger partial charge in [0.15, 0.2) is 0 Å². The highest BCUT2D eigenvalue weighted by Crippen LogP contribution is 2.24. The van der Waals surface area contributed by atoms with E-state index in [9.17, 15) is 4.79 Å². The van der Waals surface area contributed by atoms with Crippen LogP contribution in [0.1, 0.15) is 32.6 Å². The lowest BCUT2D eigenvalue weighted by molar-refractivity contribution is -0.121. The molecule has 1 fully saturated rings. The van der Waals surface area contributed by atoms with Gasteiger partial charge < -0.3 is 11.5 Å². The van der Waals surface area contributed by atoms with Crippen LogP contribution in [0.2, 0.25) is 0 Å². The molecule has 16 heavy (non-hydrogen) atoms. The quantitative estimate of drug-likeness (QED) is 0.672. The van der Waals surface area contributed by atoms with E-state index in [0.717, 1.165) is 0 Å². The van der Waals surface area contributed by atoms with E-state index in [1.54, 1.807) is 0 Å². The van der Waals surface area contributed by atoms with Gasteiger partial charge in [0.2, 0.25) is 5.91 Å². The molecule has 1 saturated carbocycles. The van der Waals surface area contributed by atoms with Crippen molar-refractivity contribution in [3.63, 3.8) is 0 Å². The van der Waals surface area contributed by atoms with Gasteiger partial charge in [-0.05, 0) is 12.8 Å². The fraction of sp³-hybridized carbons (Fsp3) is 0.818. The number of nitrogens with zero attached hydrogens (tertiary/aromatic N) is 1. The van der Waals surface area contributed by atoms with Gasteiger partial charge in [0.1, 0.15) is 0 Å². The maximum Gasteiger partial charge on any atom is 0.221 e. The monoisotopic (exact) mass is 243 g/mol. The van der Waals surface area contributed by atoms with Crippen LogP contribution in [0.5, 0.6) is 0 Å². The predicted octanol–water partition coefficient (Wildman–Crippen LogP) is 0.638. The molecule has 1 atom stereocenters.